The summed E-state index contributed by atoms with van der Waals surface area (Å²) >= 11 is 0. The second-order valence-electron chi connectivity index (χ2n) is 7.47. The van der Waals surface area contributed by atoms with E-state index in [1.54, 1.807) is 18.2 Å². The molecule has 0 heterocycles. The van der Waals surface area contributed by atoms with Crippen molar-refractivity contribution in [1.29, 1.82) is 0 Å². The number of sulfonamides is 1. The molecule has 29 heavy (non-hydrogen) atoms. The molecule has 1 N–H and O–H groups in total. The van der Waals surface area contributed by atoms with E-state index in [0.717, 1.165) is 30.0 Å². The predicted octanol–water partition coefficient (Wildman–Crippen LogP) is 3.86. The summed E-state index contributed by atoms with van der Waals surface area (Å²) in [5.74, 6) is -0.698. The van der Waals surface area contributed by atoms with Gasteiger partial charge in [-0.15, -0.1) is 0 Å². The molecule has 7 heteroatoms. The number of carbonyl (C=O) groups is 1. The Kier molecular flexibility index (Phi) is 7.39. The van der Waals surface area contributed by atoms with E-state index in [-0.39, 0.29) is 29.9 Å². The lowest BCUT2D eigenvalue weighted by molar-refractivity contribution is -0.122. The molecule has 0 aliphatic heterocycles. The van der Waals surface area contributed by atoms with E-state index in [2.05, 4.69) is 5.32 Å². The fourth-order valence-corrected chi connectivity index (χ4v) is 5.02. The van der Waals surface area contributed by atoms with Crippen LogP contribution in [0.2, 0.25) is 0 Å². The molecule has 2 aromatic carbocycles. The molecule has 0 saturated heterocycles. The fourth-order valence-electron chi connectivity index (χ4n) is 3.62. The minimum Gasteiger partial charge on any atom is -0.352 e. The van der Waals surface area contributed by atoms with Gasteiger partial charge in [0.1, 0.15) is 5.82 Å². The first-order valence-corrected chi connectivity index (χ1v) is 11.5. The Labute approximate surface area is 172 Å². The monoisotopic (exact) mass is 418 g/mol. The molecule has 1 saturated carbocycles. The zero-order chi connectivity index (χ0) is 20.7. The van der Waals surface area contributed by atoms with Crippen LogP contribution in [0.5, 0.6) is 0 Å². The summed E-state index contributed by atoms with van der Waals surface area (Å²) in [6.45, 7) is -0.277. The van der Waals surface area contributed by atoms with Crippen molar-refractivity contribution in [2.75, 3.05) is 6.54 Å². The second kappa shape index (κ2) is 9.98. The van der Waals surface area contributed by atoms with E-state index >= 15 is 0 Å². The average molecular weight is 419 g/mol. The molecule has 0 spiro atoms. The quantitative estimate of drug-likeness (QED) is 0.695. The van der Waals surface area contributed by atoms with Gasteiger partial charge in [0.25, 0.3) is 0 Å². The molecule has 1 aliphatic rings. The lowest BCUT2D eigenvalue weighted by Gasteiger charge is -2.24. The number of nitrogens with zero attached hydrogens (tertiary/aromatic N) is 1. The second-order valence-corrected chi connectivity index (χ2v) is 9.41. The fraction of sp³-hybridized carbons (Fsp3) is 0.409. The lowest BCUT2D eigenvalue weighted by atomic mass is 10.1. The third kappa shape index (κ3) is 6.11. The zero-order valence-electron chi connectivity index (χ0n) is 16.4. The van der Waals surface area contributed by atoms with E-state index < -0.39 is 15.8 Å². The van der Waals surface area contributed by atoms with Crippen molar-refractivity contribution in [2.24, 2.45) is 0 Å². The highest BCUT2D eigenvalue weighted by molar-refractivity contribution is 7.89. The molecule has 0 bridgehead atoms. The number of hydrogen-bond acceptors (Lipinski definition) is 3. The van der Waals surface area contributed by atoms with Crippen molar-refractivity contribution in [3.05, 3.63) is 66.0 Å². The Morgan fingerprint density at radius 1 is 0.966 bits per heavy atom. The Hall–Kier alpha value is -2.25. The molecular weight excluding hydrogens is 391 g/mol. The van der Waals surface area contributed by atoms with Crippen molar-refractivity contribution in [1.82, 2.24) is 9.62 Å². The highest BCUT2D eigenvalue weighted by Crippen LogP contribution is 2.20. The van der Waals surface area contributed by atoms with Crippen molar-refractivity contribution in [3.8, 4) is 0 Å². The van der Waals surface area contributed by atoms with E-state index in [9.17, 15) is 17.6 Å². The van der Waals surface area contributed by atoms with E-state index in [4.69, 9.17) is 0 Å². The lowest BCUT2D eigenvalue weighted by Crippen LogP contribution is -2.43. The topological polar surface area (TPSA) is 66.5 Å². The summed E-state index contributed by atoms with van der Waals surface area (Å²) in [6.07, 6.45) is 6.35. The van der Waals surface area contributed by atoms with E-state index in [1.165, 1.54) is 49.2 Å². The van der Waals surface area contributed by atoms with E-state index in [1.807, 2.05) is 0 Å². The predicted molar refractivity (Wildman–Crippen MR) is 110 cm³/mol. The van der Waals surface area contributed by atoms with E-state index in [0.29, 0.717) is 5.56 Å². The third-order valence-corrected chi connectivity index (χ3v) is 7.00. The molecule has 1 aliphatic carbocycles. The third-order valence-electron chi connectivity index (χ3n) is 5.19. The molecule has 0 radical (unpaired) electrons. The molecule has 1 amide bonds. The van der Waals surface area contributed by atoms with Crippen LogP contribution in [-0.4, -0.2) is 31.2 Å². The maximum Gasteiger partial charge on any atom is 0.243 e. The molecule has 0 aromatic heterocycles. The van der Waals surface area contributed by atoms with Gasteiger partial charge in [-0.2, -0.15) is 4.31 Å². The van der Waals surface area contributed by atoms with Crippen LogP contribution in [0, 0.1) is 5.82 Å². The van der Waals surface area contributed by atoms with Gasteiger partial charge in [-0.3, -0.25) is 4.79 Å². The van der Waals surface area contributed by atoms with Gasteiger partial charge in [0.05, 0.1) is 11.4 Å². The maximum absolute atomic E-state index is 13.2. The highest BCUT2D eigenvalue weighted by atomic mass is 32.2. The summed E-state index contributed by atoms with van der Waals surface area (Å²) < 4.78 is 40.7. The summed E-state index contributed by atoms with van der Waals surface area (Å²) in [6, 6.07) is 13.8. The van der Waals surface area contributed by atoms with Crippen molar-refractivity contribution in [3.63, 3.8) is 0 Å². The summed E-state index contributed by atoms with van der Waals surface area (Å²) in [4.78, 5) is 12.8. The van der Waals surface area contributed by atoms with Crippen LogP contribution in [0.25, 0.3) is 0 Å². The van der Waals surface area contributed by atoms with Crippen molar-refractivity contribution < 1.29 is 17.6 Å². The van der Waals surface area contributed by atoms with Crippen molar-refractivity contribution >= 4 is 15.9 Å². The molecule has 1 fully saturated rings. The number of benzene rings is 2. The van der Waals surface area contributed by atoms with Gasteiger partial charge in [0.15, 0.2) is 0 Å². The largest absolute Gasteiger partial charge is 0.352 e. The minimum atomic E-state index is -3.87. The number of nitrogens with one attached hydrogen (secondary N) is 1. The van der Waals surface area contributed by atoms with Crippen molar-refractivity contribution in [2.45, 2.75) is 56.0 Å². The standard InChI is InChI=1S/C22H27FN2O3S/c23-19-14-12-18(13-15-19)16-25(29(27,28)21-10-6-3-7-11-21)17-22(26)24-20-8-4-1-2-5-9-20/h3,6-7,10-15,20H,1-2,4-5,8-9,16-17H2,(H,24,26). The smallest absolute Gasteiger partial charge is 0.243 e. The minimum absolute atomic E-state index is 0.00437. The Balaban J connectivity index is 1.78. The Morgan fingerprint density at radius 3 is 2.21 bits per heavy atom. The number of amides is 1. The molecule has 5 nitrogen and oxygen atoms in total. The summed E-state index contributed by atoms with van der Waals surface area (Å²) in [5, 5.41) is 3.00. The Bertz CT molecular complexity index is 893. The molecule has 0 unspecified atom stereocenters. The SMILES string of the molecule is O=C(CN(Cc1ccc(F)cc1)S(=O)(=O)c1ccccc1)NC1CCCCCC1. The van der Waals surface area contributed by atoms with Gasteiger partial charge >= 0.3 is 0 Å². The number of rotatable bonds is 7. The van der Waals surface area contributed by atoms with Gasteiger partial charge in [0, 0.05) is 12.6 Å². The van der Waals surface area contributed by atoms with Gasteiger partial charge in [-0.1, -0.05) is 56.0 Å². The van der Waals surface area contributed by atoms with Gasteiger partial charge in [0.2, 0.25) is 15.9 Å². The molecular formula is C22H27FN2O3S. The average Bonchev–Trinajstić information content (AvgIpc) is 2.98. The van der Waals surface area contributed by atoms with Crippen LogP contribution in [0.1, 0.15) is 44.1 Å². The van der Waals surface area contributed by atoms with Gasteiger partial charge in [-0.25, -0.2) is 12.8 Å². The van der Waals surface area contributed by atoms with Gasteiger partial charge < -0.3 is 5.32 Å². The van der Waals surface area contributed by atoms with Crippen LogP contribution < -0.4 is 5.32 Å². The first kappa shape index (κ1) is 21.5. The van der Waals surface area contributed by atoms with Gasteiger partial charge in [-0.05, 0) is 42.7 Å². The molecule has 156 valence electrons. The molecule has 2 aromatic rings. The number of carbonyl (C=O) groups excluding carboxylic acids is 1. The molecule has 3 rings (SSSR count). The maximum atomic E-state index is 13.2. The summed E-state index contributed by atoms with van der Waals surface area (Å²) in [5.41, 5.74) is 0.619. The van der Waals surface area contributed by atoms with Crippen LogP contribution >= 0.6 is 0 Å². The Morgan fingerprint density at radius 2 is 1.59 bits per heavy atom. The van der Waals surface area contributed by atoms with Crippen LogP contribution in [-0.2, 0) is 21.4 Å². The molecule has 0 atom stereocenters. The first-order valence-electron chi connectivity index (χ1n) is 10.0. The zero-order valence-corrected chi connectivity index (χ0v) is 17.2. The summed E-state index contributed by atoms with van der Waals surface area (Å²) in [7, 11) is -3.87. The normalized spacial score (nSPS) is 15.8. The first-order chi connectivity index (χ1) is 13.9. The van der Waals surface area contributed by atoms with Crippen LogP contribution in [0.15, 0.2) is 59.5 Å². The number of halogens is 1. The number of hydrogen-bond donors (Lipinski definition) is 1. The van der Waals surface area contributed by atoms with Crippen LogP contribution in [0.4, 0.5) is 4.39 Å². The highest BCUT2D eigenvalue weighted by Gasteiger charge is 2.27. The van der Waals surface area contributed by atoms with Crippen LogP contribution in [0.3, 0.4) is 0 Å².